The molecule has 1 aromatic carbocycles. The molecule has 0 radical (unpaired) electrons. The topological polar surface area (TPSA) is 53.4 Å². The van der Waals surface area contributed by atoms with Gasteiger partial charge in [0.1, 0.15) is 5.69 Å². The van der Waals surface area contributed by atoms with Crippen LogP contribution in [0.1, 0.15) is 28.0 Å². The van der Waals surface area contributed by atoms with Crippen molar-refractivity contribution in [2.75, 3.05) is 13.6 Å². The average Bonchev–Trinajstić information content (AvgIpc) is 2.54. The summed E-state index contributed by atoms with van der Waals surface area (Å²) in [7, 11) is 1.52. The monoisotopic (exact) mass is 354 g/mol. The molecule has 2 aromatic rings. The minimum Gasteiger partial charge on any atom is -0.391 e. The Hall–Kier alpha value is -2.05. The Morgan fingerprint density at radius 3 is 2.58 bits per heavy atom. The second-order valence-electron chi connectivity index (χ2n) is 5.42. The molecular formula is C17H17ClF2N2O2. The van der Waals surface area contributed by atoms with Crippen LogP contribution < -0.4 is 0 Å². The molecule has 1 heterocycles. The maximum absolute atomic E-state index is 12.6. The molecule has 0 fully saturated rings. The first kappa shape index (κ1) is 18.3. The lowest BCUT2D eigenvalue weighted by atomic mass is 10.1. The van der Waals surface area contributed by atoms with Gasteiger partial charge in [-0.25, -0.2) is 8.78 Å². The number of likely N-dealkylation sites (N-methyl/N-ethyl adjacent to an activating group) is 1. The van der Waals surface area contributed by atoms with Crippen LogP contribution in [-0.4, -0.2) is 40.6 Å². The first-order valence-corrected chi connectivity index (χ1v) is 7.67. The van der Waals surface area contributed by atoms with Crippen LogP contribution in [0.15, 0.2) is 42.6 Å². The fourth-order valence-electron chi connectivity index (χ4n) is 2.30. The number of hydrogen-bond donors (Lipinski definition) is 1. The zero-order valence-electron chi connectivity index (χ0n) is 13.0. The maximum Gasteiger partial charge on any atom is 0.281 e. The second-order valence-corrected chi connectivity index (χ2v) is 5.83. The van der Waals surface area contributed by atoms with Gasteiger partial charge >= 0.3 is 0 Å². The highest BCUT2D eigenvalue weighted by Gasteiger charge is 2.20. The van der Waals surface area contributed by atoms with Crippen molar-refractivity contribution < 1.29 is 18.7 Å². The van der Waals surface area contributed by atoms with Crippen LogP contribution in [0, 0.1) is 0 Å². The molecule has 1 atom stereocenters. The number of aliphatic hydroxyl groups excluding tert-OH is 1. The van der Waals surface area contributed by atoms with Crippen LogP contribution in [0.5, 0.6) is 0 Å². The van der Waals surface area contributed by atoms with E-state index in [9.17, 15) is 18.7 Å². The summed E-state index contributed by atoms with van der Waals surface area (Å²) in [5.74, 6) is -0.447. The molecule has 7 heteroatoms. The SMILES string of the molecule is CN(C[C@@H](O)Cc1ccccc1)C(=O)c1cnc(C(F)F)c(Cl)c1. The van der Waals surface area contributed by atoms with Gasteiger partial charge in [-0.1, -0.05) is 41.9 Å². The number of aromatic nitrogens is 1. The largest absolute Gasteiger partial charge is 0.391 e. The second kappa shape index (κ2) is 8.17. The first-order valence-electron chi connectivity index (χ1n) is 7.29. The highest BCUT2D eigenvalue weighted by atomic mass is 35.5. The summed E-state index contributed by atoms with van der Waals surface area (Å²) in [5, 5.41) is 9.85. The number of benzene rings is 1. The third-order valence-corrected chi connectivity index (χ3v) is 3.77. The predicted octanol–water partition coefficient (Wildman–Crippen LogP) is 3.35. The van der Waals surface area contributed by atoms with E-state index in [0.717, 1.165) is 11.8 Å². The molecule has 1 aromatic heterocycles. The lowest BCUT2D eigenvalue weighted by molar-refractivity contribution is 0.0681. The van der Waals surface area contributed by atoms with E-state index in [0.29, 0.717) is 6.42 Å². The number of hydrogen-bond acceptors (Lipinski definition) is 3. The summed E-state index contributed by atoms with van der Waals surface area (Å²) >= 11 is 5.72. The molecule has 0 aliphatic rings. The summed E-state index contributed by atoms with van der Waals surface area (Å²) in [5.41, 5.74) is 0.496. The van der Waals surface area contributed by atoms with Crippen LogP contribution in [0.4, 0.5) is 8.78 Å². The van der Waals surface area contributed by atoms with Gasteiger partial charge in [0.05, 0.1) is 16.7 Å². The maximum atomic E-state index is 12.6. The van der Waals surface area contributed by atoms with Crippen molar-refractivity contribution in [1.82, 2.24) is 9.88 Å². The smallest absolute Gasteiger partial charge is 0.281 e. The number of nitrogens with zero attached hydrogens (tertiary/aromatic N) is 2. The van der Waals surface area contributed by atoms with Crippen molar-refractivity contribution >= 4 is 17.5 Å². The lowest BCUT2D eigenvalue weighted by Gasteiger charge is -2.21. The first-order chi connectivity index (χ1) is 11.4. The van der Waals surface area contributed by atoms with Crippen molar-refractivity contribution in [2.45, 2.75) is 19.0 Å². The molecule has 0 aliphatic heterocycles. The standard InChI is InChI=1S/C17H17ClF2N2O2/c1-22(10-13(23)7-11-5-3-2-4-6-11)17(24)12-8-14(18)15(16(19)20)21-9-12/h2-6,8-9,13,16,23H,7,10H2,1H3/t13-/m0/s1. The highest BCUT2D eigenvalue weighted by Crippen LogP contribution is 2.25. The summed E-state index contributed by atoms with van der Waals surface area (Å²) in [4.78, 5) is 17.1. The highest BCUT2D eigenvalue weighted by molar-refractivity contribution is 6.31. The van der Waals surface area contributed by atoms with Crippen LogP contribution in [-0.2, 0) is 6.42 Å². The molecule has 0 unspecified atom stereocenters. The third kappa shape index (κ3) is 4.72. The van der Waals surface area contributed by atoms with Crippen molar-refractivity contribution in [3.63, 3.8) is 0 Å². The molecule has 128 valence electrons. The van der Waals surface area contributed by atoms with Gasteiger partial charge in [-0.15, -0.1) is 0 Å². The molecule has 0 aliphatic carbocycles. The Kier molecular flexibility index (Phi) is 6.23. The molecule has 1 N–H and O–H groups in total. The van der Waals surface area contributed by atoms with E-state index < -0.39 is 24.1 Å². The molecule has 0 saturated heterocycles. The van der Waals surface area contributed by atoms with E-state index in [-0.39, 0.29) is 17.1 Å². The number of amides is 1. The lowest BCUT2D eigenvalue weighted by Crippen LogP contribution is -2.35. The minimum atomic E-state index is -2.80. The summed E-state index contributed by atoms with van der Waals surface area (Å²) < 4.78 is 25.2. The van der Waals surface area contributed by atoms with Crippen LogP contribution in [0.2, 0.25) is 5.02 Å². The van der Waals surface area contributed by atoms with Gasteiger partial charge < -0.3 is 10.0 Å². The van der Waals surface area contributed by atoms with Gasteiger partial charge in [-0.2, -0.15) is 0 Å². The molecule has 0 bridgehead atoms. The predicted molar refractivity (Wildman–Crippen MR) is 87.3 cm³/mol. The van der Waals surface area contributed by atoms with Gasteiger partial charge in [-0.3, -0.25) is 9.78 Å². The molecule has 2 rings (SSSR count). The fourth-order valence-corrected chi connectivity index (χ4v) is 2.54. The van der Waals surface area contributed by atoms with Gasteiger partial charge in [0, 0.05) is 26.2 Å². The Labute approximate surface area is 143 Å². The van der Waals surface area contributed by atoms with E-state index in [1.807, 2.05) is 30.3 Å². The molecule has 24 heavy (non-hydrogen) atoms. The van der Waals surface area contributed by atoms with E-state index >= 15 is 0 Å². The Bertz CT molecular complexity index is 698. The van der Waals surface area contributed by atoms with Crippen LogP contribution in [0.25, 0.3) is 0 Å². The van der Waals surface area contributed by atoms with E-state index in [1.54, 1.807) is 0 Å². The van der Waals surface area contributed by atoms with Gasteiger partial charge in [-0.05, 0) is 11.6 Å². The van der Waals surface area contributed by atoms with Crippen LogP contribution in [0.3, 0.4) is 0 Å². The number of aliphatic hydroxyl groups is 1. The average molecular weight is 355 g/mol. The molecule has 0 saturated carbocycles. The van der Waals surface area contributed by atoms with Crippen molar-refractivity contribution in [1.29, 1.82) is 0 Å². The van der Waals surface area contributed by atoms with Gasteiger partial charge in [0.25, 0.3) is 12.3 Å². The number of alkyl halides is 2. The quantitative estimate of drug-likeness (QED) is 0.865. The Morgan fingerprint density at radius 1 is 1.33 bits per heavy atom. The van der Waals surface area contributed by atoms with E-state index in [1.165, 1.54) is 18.0 Å². The Morgan fingerprint density at radius 2 is 2.00 bits per heavy atom. The summed E-state index contributed by atoms with van der Waals surface area (Å²) in [6, 6.07) is 10.6. The van der Waals surface area contributed by atoms with E-state index in [4.69, 9.17) is 11.6 Å². The van der Waals surface area contributed by atoms with Crippen molar-refractivity contribution in [3.8, 4) is 0 Å². The zero-order chi connectivity index (χ0) is 17.7. The zero-order valence-corrected chi connectivity index (χ0v) is 13.8. The summed E-state index contributed by atoms with van der Waals surface area (Å²) in [6.07, 6.45) is -2.07. The Balaban J connectivity index is 2.00. The number of pyridine rings is 1. The van der Waals surface area contributed by atoms with Crippen molar-refractivity contribution in [3.05, 3.63) is 64.4 Å². The number of halogens is 3. The van der Waals surface area contributed by atoms with Crippen LogP contribution >= 0.6 is 11.6 Å². The molecule has 1 amide bonds. The molecule has 4 nitrogen and oxygen atoms in total. The van der Waals surface area contributed by atoms with Crippen molar-refractivity contribution in [2.24, 2.45) is 0 Å². The molecule has 0 spiro atoms. The number of carbonyl (C=O) groups is 1. The minimum absolute atomic E-state index is 0.0961. The van der Waals surface area contributed by atoms with Gasteiger partial charge in [0.15, 0.2) is 0 Å². The summed E-state index contributed by atoms with van der Waals surface area (Å²) in [6.45, 7) is 0.0992. The number of rotatable bonds is 6. The molecular weight excluding hydrogens is 338 g/mol. The normalized spacial score (nSPS) is 12.2. The van der Waals surface area contributed by atoms with E-state index in [2.05, 4.69) is 4.98 Å². The third-order valence-electron chi connectivity index (χ3n) is 3.47. The number of carbonyl (C=O) groups excluding carboxylic acids is 1. The van der Waals surface area contributed by atoms with Gasteiger partial charge in [0.2, 0.25) is 0 Å². The fraction of sp³-hybridized carbons (Fsp3) is 0.294.